The monoisotopic (exact) mass is 489 g/mol. The molecule has 1 aromatic carbocycles. The van der Waals surface area contributed by atoms with Crippen molar-refractivity contribution in [1.29, 1.82) is 0 Å². The summed E-state index contributed by atoms with van der Waals surface area (Å²) in [4.78, 5) is 14.0. The highest BCUT2D eigenvalue weighted by Crippen LogP contribution is 2.41. The van der Waals surface area contributed by atoms with Crippen molar-refractivity contribution in [3.63, 3.8) is 0 Å². The topological polar surface area (TPSA) is 87.8 Å². The second-order valence-electron chi connectivity index (χ2n) is 8.63. The number of likely N-dealkylation sites (tertiary alicyclic amines) is 1. The molecule has 0 aliphatic carbocycles. The minimum Gasteiger partial charge on any atom is -0.489 e. The number of halogens is 2. The van der Waals surface area contributed by atoms with Gasteiger partial charge in [0.15, 0.2) is 0 Å². The van der Waals surface area contributed by atoms with Crippen LogP contribution in [0.25, 0.3) is 0 Å². The van der Waals surface area contributed by atoms with E-state index in [1.807, 2.05) is 6.07 Å². The van der Waals surface area contributed by atoms with Gasteiger partial charge in [-0.2, -0.15) is 0 Å². The lowest BCUT2D eigenvalue weighted by Gasteiger charge is -2.38. The number of benzene rings is 1. The second-order valence-corrected chi connectivity index (χ2v) is 11.1. The summed E-state index contributed by atoms with van der Waals surface area (Å²) in [6, 6.07) is 3.55. The molecule has 2 atom stereocenters. The van der Waals surface area contributed by atoms with Crippen molar-refractivity contribution in [2.24, 2.45) is 11.7 Å². The number of nitrogens with one attached hydrogen (secondary N) is 1. The van der Waals surface area contributed by atoms with Crippen LogP contribution in [0, 0.1) is 5.92 Å². The van der Waals surface area contributed by atoms with E-state index in [4.69, 9.17) is 33.7 Å². The number of aliphatic hydroxyl groups is 1. The Labute approximate surface area is 199 Å². The molecule has 2 unspecified atom stereocenters. The zero-order valence-corrected chi connectivity index (χ0v) is 20.7. The van der Waals surface area contributed by atoms with Crippen LogP contribution in [0.1, 0.15) is 45.2 Å². The van der Waals surface area contributed by atoms with Gasteiger partial charge >= 0.3 is 0 Å². The van der Waals surface area contributed by atoms with Crippen molar-refractivity contribution in [3.05, 3.63) is 40.4 Å². The Balaban J connectivity index is 2.29. The number of carbonyl (C=O) groups is 1. The van der Waals surface area contributed by atoms with Gasteiger partial charge < -0.3 is 20.5 Å². The molecule has 0 saturated carbocycles. The number of amides is 1. The highest BCUT2D eigenvalue weighted by Gasteiger charge is 2.33. The molecule has 174 valence electrons. The Hall–Kier alpha value is -0.960. The average molecular weight is 490 g/mol. The first-order chi connectivity index (χ1) is 14.6. The van der Waals surface area contributed by atoms with Gasteiger partial charge in [0.2, 0.25) is 0 Å². The van der Waals surface area contributed by atoms with Gasteiger partial charge in [-0.25, -0.2) is 0 Å². The van der Waals surface area contributed by atoms with Gasteiger partial charge in [0, 0.05) is 42.1 Å². The van der Waals surface area contributed by atoms with Gasteiger partial charge in [-0.1, -0.05) is 47.8 Å². The number of ether oxygens (including phenoxy) is 1. The molecular weight excluding hydrogens is 457 g/mol. The third-order valence-corrected chi connectivity index (χ3v) is 6.77. The first-order valence-electron chi connectivity index (χ1n) is 10.4. The molecule has 4 N–H and O–H groups in total. The Morgan fingerprint density at radius 2 is 2.00 bits per heavy atom. The Morgan fingerprint density at radius 1 is 1.39 bits per heavy atom. The van der Waals surface area contributed by atoms with E-state index in [1.165, 1.54) is 0 Å². The number of nitrogens with two attached hydrogens (primary N) is 1. The molecular formula is C22H33Cl2N3O3S. The number of hydrogen-bond acceptors (Lipinski definition) is 6. The summed E-state index contributed by atoms with van der Waals surface area (Å²) in [5, 5.41) is 10.7. The average Bonchev–Trinajstić information content (AvgIpc) is 2.73. The molecule has 1 fully saturated rings. The van der Waals surface area contributed by atoms with Crippen molar-refractivity contribution < 1.29 is 14.6 Å². The van der Waals surface area contributed by atoms with Gasteiger partial charge in [-0.3, -0.25) is 9.52 Å². The maximum atomic E-state index is 12.3. The molecule has 0 bridgehead atoms. The van der Waals surface area contributed by atoms with E-state index in [-0.39, 0.29) is 29.2 Å². The van der Waals surface area contributed by atoms with Gasteiger partial charge in [0.1, 0.15) is 18.5 Å². The minimum absolute atomic E-state index is 0.00148. The van der Waals surface area contributed by atoms with Crippen molar-refractivity contribution in [2.75, 3.05) is 26.2 Å². The number of piperidine rings is 1. The number of hydrogen-bond donors (Lipinski definition) is 3. The molecule has 1 heterocycles. The van der Waals surface area contributed by atoms with Crippen LogP contribution in [0.2, 0.25) is 10.0 Å². The molecule has 1 aromatic rings. The maximum Gasteiger partial charge on any atom is 0.252 e. The predicted molar refractivity (Wildman–Crippen MR) is 130 cm³/mol. The molecule has 2 rings (SSSR count). The smallest absolute Gasteiger partial charge is 0.252 e. The van der Waals surface area contributed by atoms with Crippen LogP contribution >= 0.6 is 35.1 Å². The first kappa shape index (κ1) is 26.3. The van der Waals surface area contributed by atoms with Gasteiger partial charge in [-0.15, -0.1) is 0 Å². The van der Waals surface area contributed by atoms with E-state index in [2.05, 4.69) is 32.1 Å². The SMILES string of the molecule is C=CCOc1cc(Cl)c(Cl)cc1C(NSC(C)(C)C)C1CCN(C(=O)C(O)CN)CC1. The largest absolute Gasteiger partial charge is 0.489 e. The number of aliphatic hydroxyl groups excluding tert-OH is 1. The van der Waals surface area contributed by atoms with Crippen LogP contribution < -0.4 is 15.2 Å². The van der Waals surface area contributed by atoms with E-state index < -0.39 is 6.10 Å². The van der Waals surface area contributed by atoms with Crippen LogP contribution in [-0.2, 0) is 4.79 Å². The third-order valence-electron chi connectivity index (χ3n) is 5.07. The summed E-state index contributed by atoms with van der Waals surface area (Å²) in [6.07, 6.45) is 2.08. The maximum absolute atomic E-state index is 12.3. The zero-order valence-electron chi connectivity index (χ0n) is 18.4. The summed E-state index contributed by atoms with van der Waals surface area (Å²) < 4.78 is 9.53. The fourth-order valence-electron chi connectivity index (χ4n) is 3.48. The quantitative estimate of drug-likeness (QED) is 0.355. The lowest BCUT2D eigenvalue weighted by atomic mass is 9.85. The molecule has 0 spiro atoms. The van der Waals surface area contributed by atoms with Crippen LogP contribution in [-0.4, -0.2) is 53.0 Å². The van der Waals surface area contributed by atoms with Crippen molar-refractivity contribution in [1.82, 2.24) is 9.62 Å². The fraction of sp³-hybridized carbons (Fsp3) is 0.591. The summed E-state index contributed by atoms with van der Waals surface area (Å²) in [5.41, 5.74) is 6.37. The molecule has 1 saturated heterocycles. The highest BCUT2D eigenvalue weighted by atomic mass is 35.5. The molecule has 31 heavy (non-hydrogen) atoms. The Bertz CT molecular complexity index is 765. The summed E-state index contributed by atoms with van der Waals surface area (Å²) in [7, 11) is 0. The van der Waals surface area contributed by atoms with E-state index >= 15 is 0 Å². The second kappa shape index (κ2) is 11.8. The Kier molecular flexibility index (Phi) is 9.98. The third kappa shape index (κ3) is 7.55. The Morgan fingerprint density at radius 3 is 2.55 bits per heavy atom. The van der Waals surface area contributed by atoms with E-state index in [1.54, 1.807) is 29.0 Å². The fourth-order valence-corrected chi connectivity index (χ4v) is 4.61. The zero-order chi connectivity index (χ0) is 23.2. The highest BCUT2D eigenvalue weighted by molar-refractivity contribution is 7.98. The van der Waals surface area contributed by atoms with Crippen LogP contribution in [0.15, 0.2) is 24.8 Å². The number of carbonyl (C=O) groups excluding carboxylic acids is 1. The van der Waals surface area contributed by atoms with Crippen molar-refractivity contribution >= 4 is 41.1 Å². The summed E-state index contributed by atoms with van der Waals surface area (Å²) >= 11 is 14.3. The van der Waals surface area contributed by atoms with E-state index in [0.29, 0.717) is 35.5 Å². The molecule has 0 aromatic heterocycles. The number of nitrogens with zero attached hydrogens (tertiary/aromatic N) is 1. The molecule has 1 aliphatic heterocycles. The van der Waals surface area contributed by atoms with E-state index in [0.717, 1.165) is 18.4 Å². The van der Waals surface area contributed by atoms with Crippen LogP contribution in [0.5, 0.6) is 5.75 Å². The predicted octanol–water partition coefficient (Wildman–Crippen LogP) is 4.19. The lowest BCUT2D eigenvalue weighted by molar-refractivity contribution is -0.141. The van der Waals surface area contributed by atoms with Gasteiger partial charge in [-0.05, 0) is 45.6 Å². The molecule has 1 aliphatic rings. The standard InChI is InChI=1S/C22H33Cl2N3O3S/c1-5-10-30-19-12-17(24)16(23)11-15(19)20(26-31-22(2,3)4)14-6-8-27(9-7-14)21(29)18(28)13-25/h5,11-12,14,18,20,26,28H,1,6-10,13,25H2,2-4H3. The first-order valence-corrected chi connectivity index (χ1v) is 12.0. The normalized spacial score (nSPS) is 17.3. The lowest BCUT2D eigenvalue weighted by Crippen LogP contribution is -2.47. The minimum atomic E-state index is -1.14. The van der Waals surface area contributed by atoms with Gasteiger partial charge in [0.05, 0.1) is 10.0 Å². The molecule has 0 radical (unpaired) electrons. The molecule has 1 amide bonds. The molecule has 9 heteroatoms. The molecule has 6 nitrogen and oxygen atoms in total. The van der Waals surface area contributed by atoms with Crippen LogP contribution in [0.3, 0.4) is 0 Å². The van der Waals surface area contributed by atoms with Crippen molar-refractivity contribution in [2.45, 2.75) is 50.5 Å². The van der Waals surface area contributed by atoms with Crippen LogP contribution in [0.4, 0.5) is 0 Å². The van der Waals surface area contributed by atoms with E-state index in [9.17, 15) is 9.90 Å². The van der Waals surface area contributed by atoms with Crippen molar-refractivity contribution in [3.8, 4) is 5.75 Å². The number of rotatable bonds is 9. The summed E-state index contributed by atoms with van der Waals surface area (Å²) in [5.74, 6) is 0.592. The van der Waals surface area contributed by atoms with Gasteiger partial charge in [0.25, 0.3) is 5.91 Å². The summed E-state index contributed by atoms with van der Waals surface area (Å²) in [6.45, 7) is 11.5.